The average molecular weight is 459 g/mol. The molecule has 7 nitrogen and oxygen atoms in total. The first-order valence-corrected chi connectivity index (χ1v) is 11.9. The first kappa shape index (κ1) is 23.9. The summed E-state index contributed by atoms with van der Waals surface area (Å²) in [7, 11) is 0. The molecular formula is C24H30N2O5S. The minimum absolute atomic E-state index is 0.0738. The predicted molar refractivity (Wildman–Crippen MR) is 126 cm³/mol. The zero-order valence-electron chi connectivity index (χ0n) is 18.9. The second-order valence-corrected chi connectivity index (χ2v) is 8.45. The van der Waals surface area contributed by atoms with Crippen molar-refractivity contribution in [2.24, 2.45) is 4.99 Å². The van der Waals surface area contributed by atoms with E-state index in [9.17, 15) is 9.59 Å². The summed E-state index contributed by atoms with van der Waals surface area (Å²) >= 11 is 1.51. The van der Waals surface area contributed by atoms with E-state index in [1.807, 2.05) is 25.1 Å². The average Bonchev–Trinajstić information content (AvgIpc) is 2.78. The number of benzene rings is 1. The highest BCUT2D eigenvalue weighted by Crippen LogP contribution is 2.42. The number of fused-ring (bicyclic) bond motifs is 1. The highest BCUT2D eigenvalue weighted by Gasteiger charge is 2.42. The third kappa shape index (κ3) is 5.18. The lowest BCUT2D eigenvalue weighted by atomic mass is 9.93. The van der Waals surface area contributed by atoms with E-state index in [0.717, 1.165) is 18.4 Å². The van der Waals surface area contributed by atoms with Gasteiger partial charge in [-0.05, 0) is 38.0 Å². The van der Waals surface area contributed by atoms with Gasteiger partial charge < -0.3 is 14.2 Å². The number of nitrogens with zero attached hydrogens (tertiary/aromatic N) is 2. The molecule has 1 aromatic carbocycles. The van der Waals surface area contributed by atoms with E-state index in [4.69, 9.17) is 14.2 Å². The number of hydrogen-bond acceptors (Lipinski definition) is 7. The monoisotopic (exact) mass is 458 g/mol. The van der Waals surface area contributed by atoms with Gasteiger partial charge in [-0.3, -0.25) is 9.69 Å². The van der Waals surface area contributed by atoms with Crippen LogP contribution in [0.3, 0.4) is 0 Å². The number of carbonyl (C=O) groups excluding carboxylic acids is 2. The Morgan fingerprint density at radius 1 is 1.31 bits per heavy atom. The molecule has 0 bridgehead atoms. The highest BCUT2D eigenvalue weighted by molar-refractivity contribution is 8.14. The number of carbonyl (C=O) groups is 2. The van der Waals surface area contributed by atoms with Gasteiger partial charge in [0.05, 0.1) is 30.5 Å². The van der Waals surface area contributed by atoms with Crippen LogP contribution in [0.2, 0.25) is 0 Å². The van der Waals surface area contributed by atoms with Crippen molar-refractivity contribution >= 4 is 28.8 Å². The van der Waals surface area contributed by atoms with E-state index in [1.165, 1.54) is 17.8 Å². The summed E-state index contributed by atoms with van der Waals surface area (Å²) < 4.78 is 17.1. The van der Waals surface area contributed by atoms with Gasteiger partial charge in [0.15, 0.2) is 16.7 Å². The van der Waals surface area contributed by atoms with Crippen LogP contribution < -0.4 is 9.47 Å². The smallest absolute Gasteiger partial charge is 0.338 e. The summed E-state index contributed by atoms with van der Waals surface area (Å²) in [6.45, 7) is 10.5. The quantitative estimate of drug-likeness (QED) is 0.289. The summed E-state index contributed by atoms with van der Waals surface area (Å²) in [5, 5.41) is 0.602. The maximum absolute atomic E-state index is 13.0. The van der Waals surface area contributed by atoms with Gasteiger partial charge in [-0.15, -0.1) is 0 Å². The maximum atomic E-state index is 13.0. The number of rotatable bonds is 10. The van der Waals surface area contributed by atoms with Crippen LogP contribution in [-0.2, 0) is 14.3 Å². The Morgan fingerprint density at radius 3 is 2.84 bits per heavy atom. The molecule has 0 N–H and O–H groups in total. The Morgan fingerprint density at radius 2 is 2.12 bits per heavy atom. The third-order valence-corrected chi connectivity index (χ3v) is 6.05. The lowest BCUT2D eigenvalue weighted by molar-refractivity contribution is -0.139. The predicted octanol–water partition coefficient (Wildman–Crippen LogP) is 4.64. The standard InChI is InChI=1S/C24H30N2O5S/c1-5-8-13-30-18-10-9-17(15-19(18)29-7-3)22-21(23(28)31-12-6-2)16(4)25-24-26(22)20(27)11-14-32-24/h6,9-10,15,22H,2,5,7-8,11-14H2,1,3-4H3/t22-/m1/s1. The zero-order valence-corrected chi connectivity index (χ0v) is 19.7. The van der Waals surface area contributed by atoms with E-state index < -0.39 is 12.0 Å². The number of amidine groups is 1. The summed E-state index contributed by atoms with van der Waals surface area (Å²) in [6.07, 6.45) is 3.86. The Kier molecular flexibility index (Phi) is 8.39. The summed E-state index contributed by atoms with van der Waals surface area (Å²) in [4.78, 5) is 32.1. The second kappa shape index (κ2) is 11.2. The van der Waals surface area contributed by atoms with Crippen molar-refractivity contribution in [3.05, 3.63) is 47.7 Å². The fourth-order valence-corrected chi connectivity index (χ4v) is 4.60. The van der Waals surface area contributed by atoms with E-state index in [1.54, 1.807) is 11.8 Å². The summed E-state index contributed by atoms with van der Waals surface area (Å²) in [5.74, 6) is 1.30. The molecule has 1 atom stereocenters. The van der Waals surface area contributed by atoms with Gasteiger partial charge in [-0.25, -0.2) is 9.79 Å². The Bertz CT molecular complexity index is 940. The number of allylic oxidation sites excluding steroid dienone is 1. The molecule has 1 aromatic rings. The van der Waals surface area contributed by atoms with Crippen LogP contribution in [0.5, 0.6) is 11.5 Å². The molecule has 0 saturated carbocycles. The number of aliphatic imine (C=N–C) groups is 1. The molecular weight excluding hydrogens is 428 g/mol. The van der Waals surface area contributed by atoms with E-state index in [2.05, 4.69) is 18.5 Å². The van der Waals surface area contributed by atoms with Gasteiger partial charge in [0.25, 0.3) is 0 Å². The minimum atomic E-state index is -0.649. The van der Waals surface area contributed by atoms with Gasteiger partial charge in [0.2, 0.25) is 5.91 Å². The maximum Gasteiger partial charge on any atom is 0.338 e. The van der Waals surface area contributed by atoms with Crippen molar-refractivity contribution in [3.63, 3.8) is 0 Å². The molecule has 8 heteroatoms. The van der Waals surface area contributed by atoms with Crippen molar-refractivity contribution in [3.8, 4) is 11.5 Å². The van der Waals surface area contributed by atoms with Gasteiger partial charge in [-0.1, -0.05) is 43.8 Å². The summed E-state index contributed by atoms with van der Waals surface area (Å²) in [5.41, 5.74) is 1.62. The lowest BCUT2D eigenvalue weighted by Gasteiger charge is -2.39. The number of thioether (sulfide) groups is 1. The fourth-order valence-electron chi connectivity index (χ4n) is 3.59. The van der Waals surface area contributed by atoms with E-state index in [-0.39, 0.29) is 12.5 Å². The number of hydrogen-bond donors (Lipinski definition) is 0. The molecule has 1 amide bonds. The molecule has 2 aliphatic heterocycles. The molecule has 0 aliphatic carbocycles. The van der Waals surface area contributed by atoms with Crippen LogP contribution in [0.15, 0.2) is 47.1 Å². The van der Waals surface area contributed by atoms with Crippen molar-refractivity contribution in [2.75, 3.05) is 25.6 Å². The summed E-state index contributed by atoms with van der Waals surface area (Å²) in [6, 6.07) is 4.91. The molecule has 0 radical (unpaired) electrons. The number of ether oxygens (including phenoxy) is 3. The molecule has 0 spiro atoms. The van der Waals surface area contributed by atoms with Crippen LogP contribution >= 0.6 is 11.8 Å². The molecule has 2 heterocycles. The third-order valence-electron chi connectivity index (χ3n) is 5.10. The van der Waals surface area contributed by atoms with Crippen LogP contribution in [0.4, 0.5) is 0 Å². The van der Waals surface area contributed by atoms with Crippen LogP contribution in [0.25, 0.3) is 0 Å². The molecule has 172 valence electrons. The van der Waals surface area contributed by atoms with Crippen molar-refractivity contribution in [1.29, 1.82) is 0 Å². The molecule has 2 aliphatic rings. The molecule has 1 saturated heterocycles. The van der Waals surface area contributed by atoms with Crippen molar-refractivity contribution in [1.82, 2.24) is 4.90 Å². The first-order chi connectivity index (χ1) is 15.5. The van der Waals surface area contributed by atoms with Gasteiger partial charge >= 0.3 is 5.97 Å². The molecule has 3 rings (SSSR count). The van der Waals surface area contributed by atoms with Crippen LogP contribution in [-0.4, -0.2) is 47.5 Å². The van der Waals surface area contributed by atoms with E-state index in [0.29, 0.717) is 53.3 Å². The first-order valence-electron chi connectivity index (χ1n) is 10.9. The van der Waals surface area contributed by atoms with Crippen molar-refractivity contribution < 1.29 is 23.8 Å². The highest BCUT2D eigenvalue weighted by atomic mass is 32.2. The lowest BCUT2D eigenvalue weighted by Crippen LogP contribution is -2.45. The largest absolute Gasteiger partial charge is 0.490 e. The Labute approximate surface area is 193 Å². The SMILES string of the molecule is C=CCOC(=O)C1=C(C)N=C2SCCC(=O)N2[C@@H]1c1ccc(OCCCC)c(OCC)c1. The van der Waals surface area contributed by atoms with Crippen LogP contribution in [0.1, 0.15) is 51.6 Å². The van der Waals surface area contributed by atoms with Gasteiger partial charge in [0.1, 0.15) is 6.61 Å². The Hall–Kier alpha value is -2.74. The van der Waals surface area contributed by atoms with Crippen LogP contribution in [0, 0.1) is 0 Å². The van der Waals surface area contributed by atoms with Gasteiger partial charge in [0, 0.05) is 12.2 Å². The zero-order chi connectivity index (χ0) is 23.1. The topological polar surface area (TPSA) is 77.4 Å². The fraction of sp³-hybridized carbons (Fsp3) is 0.458. The molecule has 32 heavy (non-hydrogen) atoms. The van der Waals surface area contributed by atoms with E-state index >= 15 is 0 Å². The molecule has 1 fully saturated rings. The number of unbranched alkanes of at least 4 members (excludes halogenated alkanes) is 1. The second-order valence-electron chi connectivity index (χ2n) is 7.39. The van der Waals surface area contributed by atoms with Gasteiger partial charge in [-0.2, -0.15) is 0 Å². The molecule has 0 aromatic heterocycles. The number of esters is 1. The normalized spacial score (nSPS) is 18.1. The number of amides is 1. The van der Waals surface area contributed by atoms with Crippen molar-refractivity contribution in [2.45, 2.75) is 46.1 Å². The molecule has 0 unspecified atom stereocenters. The minimum Gasteiger partial charge on any atom is -0.490 e. The Balaban J connectivity index is 2.06.